The molecule has 3 aromatic heterocycles. The number of carbonyl (C=O) groups excluding carboxylic acids is 7. The molecule has 9 atom stereocenters. The van der Waals surface area contributed by atoms with Gasteiger partial charge in [-0.3, -0.25) is 57.2 Å². The van der Waals surface area contributed by atoms with Crippen LogP contribution in [0, 0.1) is 5.92 Å². The summed E-state index contributed by atoms with van der Waals surface area (Å²) >= 11 is 8.76. The molecule has 2 saturated heterocycles. The van der Waals surface area contributed by atoms with Crippen LogP contribution in [0.25, 0.3) is 11.2 Å². The third-order valence-electron chi connectivity index (χ3n) is 12.4. The number of aliphatic hydroxyl groups is 1. The largest absolute Gasteiger partial charge is 0.444 e. The summed E-state index contributed by atoms with van der Waals surface area (Å²) in [5, 5.41) is 21.3. The van der Waals surface area contributed by atoms with Crippen molar-refractivity contribution in [2.24, 2.45) is 11.7 Å². The highest BCUT2D eigenvalue weighted by Crippen LogP contribution is 2.57. The van der Waals surface area contributed by atoms with E-state index in [1.807, 2.05) is 0 Å². The third-order valence-corrected chi connectivity index (χ3v) is 14.9. The van der Waals surface area contributed by atoms with Crippen molar-refractivity contribution in [2.45, 2.75) is 115 Å². The molecule has 0 spiro atoms. The second kappa shape index (κ2) is 26.3. The normalized spacial score (nSPS) is 21.7. The molecular weight excluding hydrogens is 1120 g/mol. The monoisotopic (exact) mass is 1180 g/mol. The predicted molar refractivity (Wildman–Crippen MR) is 283 cm³/mol. The number of imidazole rings is 2. The van der Waals surface area contributed by atoms with Gasteiger partial charge in [0.2, 0.25) is 17.7 Å². The first-order chi connectivity index (χ1) is 37.4. The highest BCUT2D eigenvalue weighted by molar-refractivity contribution is 8.44. The number of nitrogens with two attached hydrogens (primary N) is 2. The zero-order valence-electron chi connectivity index (χ0n) is 42.6. The molecule has 34 heteroatoms. The van der Waals surface area contributed by atoms with Gasteiger partial charge < -0.3 is 61.0 Å². The van der Waals surface area contributed by atoms with Crippen LogP contribution in [0.4, 0.5) is 22.1 Å². The van der Waals surface area contributed by atoms with Crippen LogP contribution in [0.15, 0.2) is 55.4 Å². The average Bonchev–Trinajstić information content (AvgIpc) is 4.42. The number of carbonyl (C=O) groups is 7. The minimum absolute atomic E-state index is 0.0123. The second-order valence-corrected chi connectivity index (χ2v) is 24.2. The molecule has 30 nitrogen and oxygen atoms in total. The molecule has 79 heavy (non-hydrogen) atoms. The molecule has 7 rings (SSSR count). The van der Waals surface area contributed by atoms with E-state index in [1.165, 1.54) is 40.9 Å². The van der Waals surface area contributed by atoms with Crippen LogP contribution in [-0.4, -0.2) is 147 Å². The van der Waals surface area contributed by atoms with Crippen molar-refractivity contribution in [2.75, 3.05) is 36.1 Å². The zero-order valence-corrected chi connectivity index (χ0v) is 46.1. The van der Waals surface area contributed by atoms with Gasteiger partial charge in [0.1, 0.15) is 43.0 Å². The van der Waals surface area contributed by atoms with Crippen molar-refractivity contribution in [3.05, 3.63) is 66.7 Å². The fraction of sp³-hybridized carbons (Fsp3) is 0.489. The Morgan fingerprint density at radius 3 is 2.22 bits per heavy atom. The average molecular weight is 1180 g/mol. The Kier molecular flexibility index (Phi) is 20.1. The summed E-state index contributed by atoms with van der Waals surface area (Å²) in [5.74, 6) is -3.57. The molecule has 6 heterocycles. The summed E-state index contributed by atoms with van der Waals surface area (Å²) in [6.45, 7) is -4.20. The number of rotatable bonds is 26. The van der Waals surface area contributed by atoms with E-state index in [0.29, 0.717) is 30.5 Å². The lowest BCUT2D eigenvalue weighted by Gasteiger charge is -2.24. The quantitative estimate of drug-likeness (QED) is 0.0185. The molecule has 4 aromatic rings. The van der Waals surface area contributed by atoms with Crippen molar-refractivity contribution in [1.82, 2.24) is 44.6 Å². The number of primary amides is 1. The number of aliphatic hydroxyl groups excluding tert-OH is 1. The van der Waals surface area contributed by atoms with Gasteiger partial charge >= 0.3 is 19.6 Å². The lowest BCUT2D eigenvalue weighted by atomic mass is 10.0. The van der Waals surface area contributed by atoms with E-state index in [2.05, 4.69) is 65.3 Å². The maximum absolute atomic E-state index is 13.7. The van der Waals surface area contributed by atoms with Crippen molar-refractivity contribution in [3.8, 4) is 0 Å². The summed E-state index contributed by atoms with van der Waals surface area (Å²) in [6.07, 6.45) is 0.337. The second-order valence-electron chi connectivity index (χ2n) is 18.7. The lowest BCUT2D eigenvalue weighted by molar-refractivity contribution is -0.137. The number of unbranched alkanes of at least 4 members (excludes halogenated alkanes) is 2. The van der Waals surface area contributed by atoms with E-state index < -0.39 is 99.5 Å². The van der Waals surface area contributed by atoms with E-state index in [-0.39, 0.29) is 84.5 Å². The highest BCUT2D eigenvalue weighted by atomic mass is 32.7. The number of nitrogens with one attached hydrogen (secondary N) is 4. The number of nitrogen functional groups attached to an aromatic ring is 1. The van der Waals surface area contributed by atoms with E-state index in [9.17, 15) is 53.0 Å². The minimum atomic E-state index is -4.30. The fourth-order valence-corrected chi connectivity index (χ4v) is 10.5. The fourth-order valence-electron chi connectivity index (χ4n) is 8.45. The van der Waals surface area contributed by atoms with Gasteiger partial charge in [-0.1, -0.05) is 44.6 Å². The molecule has 3 aliphatic rings. The standard InChI is InChI=1S/C45H59N13O17P2S2/c1-23(2)34(54-31(60)7-5-4-6-14-56-32(61)12-13-33(56)62)42(65)52-24(3)41(64)53-26-10-8-25(9-11-26)17-70-45(66)55-39-36-40(49-20-48-39)58(22-51-36)44-30(16-28(74-44)18-71-76(67,68)78)75-77(69,79)72-19-27-15-29(59)43(73-27)57-21-50-35(37(57)46)38(47)63/h8-13,20-24,27-30,34,43-44,59H,4-7,14-19,46H2,1-3H3,(H2,47,63)(H,52,65)(H,53,64)(H,54,60)(H,69,79)(H2,67,68,78)(H,48,49,55,66)/t24-,27-,28-,29?,30?,34-,43+,44+,77?/m0/s1. The number of benzene rings is 1. The molecule has 3 aliphatic heterocycles. The number of imide groups is 1. The number of hydrogen-bond acceptors (Lipinski definition) is 21. The summed E-state index contributed by atoms with van der Waals surface area (Å²) in [6, 6.07) is 4.40. The minimum Gasteiger partial charge on any atom is -0.444 e. The Hall–Kier alpha value is -6.28. The molecular formula is C45H59N13O17P2S2. The van der Waals surface area contributed by atoms with Gasteiger partial charge in [-0.05, 0) is 55.2 Å². The first kappa shape index (κ1) is 60.4. The Morgan fingerprint density at radius 1 is 0.873 bits per heavy atom. The van der Waals surface area contributed by atoms with Crippen LogP contribution in [0.1, 0.15) is 87.8 Å². The zero-order chi connectivity index (χ0) is 57.3. The van der Waals surface area contributed by atoms with Crippen LogP contribution in [0.2, 0.25) is 0 Å². The number of thiol groups is 1. The summed E-state index contributed by atoms with van der Waals surface area (Å²) in [5.41, 5.74) is 12.1. The van der Waals surface area contributed by atoms with Crippen molar-refractivity contribution in [3.63, 3.8) is 0 Å². The molecule has 0 radical (unpaired) electrons. The SMILES string of the molecule is CC(C)[C@H](NC(=O)CCCCCN1C(=O)C=CC1=O)C(=O)N[C@@H](C)C(=O)Nc1ccc(COC(=O)Nc2ncnc3c2ncn3[C@@H]2O[C@H](COP(O)(O)=S)CC2OP(=O)(S)OC[C@@H]2CC(O)[C@H](n3cnc(C(N)=O)c3N)O2)cc1. The van der Waals surface area contributed by atoms with Crippen LogP contribution in [-0.2, 0) is 74.7 Å². The molecule has 428 valence electrons. The van der Waals surface area contributed by atoms with E-state index in [0.717, 1.165) is 11.2 Å². The maximum Gasteiger partial charge on any atom is 0.413 e. The smallest absolute Gasteiger partial charge is 0.413 e. The number of hydrogen-bond donors (Lipinski definition) is 10. The molecule has 7 amide bonds. The predicted octanol–water partition coefficient (Wildman–Crippen LogP) is 1.82. The van der Waals surface area contributed by atoms with Crippen LogP contribution < -0.4 is 32.7 Å². The number of nitrogens with zero attached hydrogens (tertiary/aromatic N) is 7. The van der Waals surface area contributed by atoms with Gasteiger partial charge in [-0.15, -0.1) is 0 Å². The summed E-state index contributed by atoms with van der Waals surface area (Å²) in [4.78, 5) is 124. The Labute approximate surface area is 460 Å². The van der Waals surface area contributed by atoms with Gasteiger partial charge in [0.15, 0.2) is 35.1 Å². The van der Waals surface area contributed by atoms with E-state index >= 15 is 0 Å². The topological polar surface area (TPSA) is 417 Å². The molecule has 11 N–H and O–H groups in total. The molecule has 2 fully saturated rings. The number of amides is 7. The van der Waals surface area contributed by atoms with Gasteiger partial charge in [-0.2, -0.15) is 0 Å². The van der Waals surface area contributed by atoms with Crippen molar-refractivity contribution < 1.29 is 80.8 Å². The van der Waals surface area contributed by atoms with Crippen LogP contribution >= 0.6 is 25.8 Å². The summed E-state index contributed by atoms with van der Waals surface area (Å²) in [7, 11) is 0. The van der Waals surface area contributed by atoms with Gasteiger partial charge in [0, 0.05) is 43.6 Å². The Bertz CT molecular complexity index is 3030. The Balaban J connectivity index is 0.888. The first-order valence-electron chi connectivity index (χ1n) is 24.5. The number of fused-ring (bicyclic) bond motifs is 1. The van der Waals surface area contributed by atoms with E-state index in [1.54, 1.807) is 38.1 Å². The number of aromatic nitrogens is 6. The molecule has 0 bridgehead atoms. The lowest BCUT2D eigenvalue weighted by Crippen LogP contribution is -2.53. The van der Waals surface area contributed by atoms with Crippen LogP contribution in [0.5, 0.6) is 0 Å². The van der Waals surface area contributed by atoms with Crippen molar-refractivity contribution in [1.29, 1.82) is 0 Å². The Morgan fingerprint density at radius 2 is 1.54 bits per heavy atom. The van der Waals surface area contributed by atoms with Crippen molar-refractivity contribution >= 4 is 108 Å². The molecule has 0 aliphatic carbocycles. The van der Waals surface area contributed by atoms with Gasteiger partial charge in [0.25, 0.3) is 17.7 Å². The summed E-state index contributed by atoms with van der Waals surface area (Å²) < 4.78 is 50.3. The van der Waals surface area contributed by atoms with Gasteiger partial charge in [-0.25, -0.2) is 29.3 Å². The first-order valence-corrected chi connectivity index (χ1v) is 29.8. The number of ether oxygens (including phenoxy) is 3. The van der Waals surface area contributed by atoms with E-state index in [4.69, 9.17) is 39.2 Å². The molecule has 0 saturated carbocycles. The van der Waals surface area contributed by atoms with Gasteiger partial charge in [0.05, 0.1) is 38.1 Å². The third kappa shape index (κ3) is 16.2. The maximum atomic E-state index is 13.7. The molecule has 3 unspecified atom stereocenters. The highest BCUT2D eigenvalue weighted by Gasteiger charge is 2.44. The molecule has 1 aromatic carbocycles. The van der Waals surface area contributed by atoms with Crippen LogP contribution in [0.3, 0.4) is 0 Å². The number of anilines is 3.